The number of hydrogen-bond donors (Lipinski definition) is 1. The molecule has 0 radical (unpaired) electrons. The van der Waals surface area contributed by atoms with Gasteiger partial charge in [0.1, 0.15) is 0 Å². The minimum atomic E-state index is -0.772. The van der Waals surface area contributed by atoms with Crippen molar-refractivity contribution in [1.82, 2.24) is 0 Å². The summed E-state index contributed by atoms with van der Waals surface area (Å²) in [5, 5.41) is 9.70. The van der Waals surface area contributed by atoms with E-state index in [9.17, 15) is 4.79 Å². The maximum Gasteiger partial charge on any atom is 1.00 e. The zero-order valence-electron chi connectivity index (χ0n) is 15.2. The smallest absolute Gasteiger partial charge is 1.00 e. The second-order valence-corrected chi connectivity index (χ2v) is 6.61. The average molecular weight is 349 g/mol. The van der Waals surface area contributed by atoms with Gasteiger partial charge in [0.2, 0.25) is 0 Å². The summed E-state index contributed by atoms with van der Waals surface area (Å²) in [5.74, 6) is -0.111. The Labute approximate surface area is 167 Å². The molecule has 1 saturated carbocycles. The summed E-state index contributed by atoms with van der Waals surface area (Å²) in [4.78, 5) is 10.8. The Morgan fingerprint density at radius 2 is 2.09 bits per heavy atom. The van der Waals surface area contributed by atoms with Crippen molar-refractivity contribution in [3.05, 3.63) is 34.3 Å². The van der Waals surface area contributed by atoms with Gasteiger partial charge in [-0.25, -0.2) is 0 Å². The Bertz CT molecular complexity index is 507. The van der Waals surface area contributed by atoms with Crippen LogP contribution in [0.2, 0.25) is 5.02 Å². The van der Waals surface area contributed by atoms with Crippen LogP contribution in [0.1, 0.15) is 69.3 Å². The number of carboxylic acid groups (broad SMARTS) is 1. The number of benzene rings is 1. The van der Waals surface area contributed by atoms with Crippen LogP contribution in [-0.2, 0) is 9.53 Å². The Balaban J connectivity index is 0.00000264. The summed E-state index contributed by atoms with van der Waals surface area (Å²) in [7, 11) is 1.64. The second kappa shape index (κ2) is 10.7. The first kappa shape index (κ1) is 21.0. The fourth-order valence-electron chi connectivity index (χ4n) is 3.39. The molecular formula is C18H26ClNaO3. The van der Waals surface area contributed by atoms with E-state index in [0.29, 0.717) is 18.9 Å². The van der Waals surface area contributed by atoms with Gasteiger partial charge in [0.25, 0.3) is 0 Å². The van der Waals surface area contributed by atoms with E-state index in [2.05, 4.69) is 12.1 Å². The molecule has 1 atom stereocenters. The van der Waals surface area contributed by atoms with E-state index < -0.39 is 5.97 Å². The number of methoxy groups -OCH3 is 1. The van der Waals surface area contributed by atoms with E-state index in [1.807, 2.05) is 6.07 Å². The van der Waals surface area contributed by atoms with Crippen molar-refractivity contribution >= 4 is 17.6 Å². The van der Waals surface area contributed by atoms with Gasteiger partial charge >= 0.3 is 35.5 Å². The Morgan fingerprint density at radius 1 is 1.39 bits per heavy atom. The third-order valence-corrected chi connectivity index (χ3v) is 4.94. The minimum absolute atomic E-state index is 0. The van der Waals surface area contributed by atoms with Gasteiger partial charge in [-0.2, -0.15) is 0 Å². The minimum Gasteiger partial charge on any atom is -1.00 e. The zero-order valence-corrected chi connectivity index (χ0v) is 16.9. The number of carboxylic acids is 1. The summed E-state index contributed by atoms with van der Waals surface area (Å²) in [5.41, 5.74) is 2.33. The van der Waals surface area contributed by atoms with E-state index in [1.165, 1.54) is 37.7 Å². The number of rotatable bonds is 7. The van der Waals surface area contributed by atoms with E-state index in [4.69, 9.17) is 21.4 Å². The average Bonchev–Trinajstić information content (AvgIpc) is 2.52. The van der Waals surface area contributed by atoms with Crippen LogP contribution in [0.15, 0.2) is 18.2 Å². The van der Waals surface area contributed by atoms with Crippen molar-refractivity contribution < 1.29 is 45.6 Å². The normalized spacial score (nSPS) is 16.6. The van der Waals surface area contributed by atoms with Gasteiger partial charge in [-0.1, -0.05) is 43.0 Å². The Kier molecular flexibility index (Phi) is 9.79. The molecule has 1 unspecified atom stereocenters. The third kappa shape index (κ3) is 6.39. The van der Waals surface area contributed by atoms with Crippen LogP contribution in [-0.4, -0.2) is 24.8 Å². The molecule has 1 aliphatic rings. The second-order valence-electron chi connectivity index (χ2n) is 6.20. The molecule has 0 aromatic heterocycles. The fourth-order valence-corrected chi connectivity index (χ4v) is 3.73. The maximum absolute atomic E-state index is 10.8. The van der Waals surface area contributed by atoms with Gasteiger partial charge in [-0.3, -0.25) is 4.79 Å². The quantitative estimate of drug-likeness (QED) is 0.768. The summed E-state index contributed by atoms with van der Waals surface area (Å²) in [6.45, 7) is 0.520. The van der Waals surface area contributed by atoms with Crippen LogP contribution < -0.4 is 29.6 Å². The van der Waals surface area contributed by atoms with Crippen molar-refractivity contribution in [1.29, 1.82) is 0 Å². The fraction of sp³-hybridized carbons (Fsp3) is 0.611. The van der Waals surface area contributed by atoms with E-state index in [0.717, 1.165) is 10.6 Å². The largest absolute Gasteiger partial charge is 1.00 e. The Morgan fingerprint density at radius 3 is 2.65 bits per heavy atom. The third-order valence-electron chi connectivity index (χ3n) is 4.62. The molecule has 1 N–H and O–H groups in total. The molecule has 3 nitrogen and oxygen atoms in total. The van der Waals surface area contributed by atoms with Crippen molar-refractivity contribution in [2.24, 2.45) is 0 Å². The van der Waals surface area contributed by atoms with Crippen LogP contribution in [0, 0.1) is 0 Å². The molecule has 23 heavy (non-hydrogen) atoms. The molecule has 0 bridgehead atoms. The van der Waals surface area contributed by atoms with E-state index >= 15 is 0 Å². The summed E-state index contributed by atoms with van der Waals surface area (Å²) < 4.78 is 5.24. The van der Waals surface area contributed by atoms with Crippen LogP contribution in [0.5, 0.6) is 0 Å². The number of halogens is 1. The molecule has 0 aliphatic heterocycles. The number of ether oxygens (including phenoxy) is 1. The standard InChI is InChI=1S/C18H25ClO3.Na.H/c1-22-12-15(8-10-18(20)21)14-7-9-16(17(19)11-14)13-5-3-2-4-6-13;;/h7,9,11,13,15H,2-6,8,10,12H2,1H3,(H,20,21);;/q;+1;-1. The van der Waals surface area contributed by atoms with Crippen LogP contribution in [0.25, 0.3) is 0 Å². The van der Waals surface area contributed by atoms with Gasteiger partial charge in [-0.05, 0) is 42.4 Å². The molecule has 5 heteroatoms. The van der Waals surface area contributed by atoms with Gasteiger partial charge in [0, 0.05) is 24.5 Å². The van der Waals surface area contributed by atoms with Crippen molar-refractivity contribution in [3.8, 4) is 0 Å². The summed E-state index contributed by atoms with van der Waals surface area (Å²) in [6, 6.07) is 6.25. The van der Waals surface area contributed by atoms with Gasteiger partial charge in [0.05, 0.1) is 6.61 Å². The van der Waals surface area contributed by atoms with E-state index in [-0.39, 0.29) is 43.3 Å². The summed E-state index contributed by atoms with van der Waals surface area (Å²) >= 11 is 6.51. The monoisotopic (exact) mass is 348 g/mol. The predicted molar refractivity (Wildman–Crippen MR) is 89.9 cm³/mol. The van der Waals surface area contributed by atoms with Crippen LogP contribution >= 0.6 is 11.6 Å². The van der Waals surface area contributed by atoms with Crippen LogP contribution in [0.4, 0.5) is 0 Å². The molecular weight excluding hydrogens is 323 g/mol. The van der Waals surface area contributed by atoms with E-state index in [1.54, 1.807) is 7.11 Å². The molecule has 1 aromatic carbocycles. The maximum atomic E-state index is 10.8. The molecule has 2 rings (SSSR count). The molecule has 124 valence electrons. The topological polar surface area (TPSA) is 46.5 Å². The molecule has 0 saturated heterocycles. The molecule has 0 heterocycles. The first-order valence-electron chi connectivity index (χ1n) is 8.12. The first-order chi connectivity index (χ1) is 10.6. The number of hydrogen-bond acceptors (Lipinski definition) is 2. The molecule has 0 amide bonds. The summed E-state index contributed by atoms with van der Waals surface area (Å²) in [6.07, 6.45) is 7.07. The molecule has 0 spiro atoms. The molecule has 1 aliphatic carbocycles. The zero-order chi connectivity index (χ0) is 15.9. The molecule has 1 fully saturated rings. The van der Waals surface area contributed by atoms with Crippen LogP contribution in [0.3, 0.4) is 0 Å². The van der Waals surface area contributed by atoms with Crippen molar-refractivity contribution in [2.75, 3.05) is 13.7 Å². The predicted octanol–water partition coefficient (Wildman–Crippen LogP) is 2.10. The first-order valence-corrected chi connectivity index (χ1v) is 8.49. The van der Waals surface area contributed by atoms with Gasteiger partial charge in [0.15, 0.2) is 0 Å². The van der Waals surface area contributed by atoms with Crippen molar-refractivity contribution in [3.63, 3.8) is 0 Å². The Hall–Kier alpha value is -0.0600. The number of aliphatic carboxylic acids is 1. The van der Waals surface area contributed by atoms with Gasteiger partial charge in [-0.15, -0.1) is 0 Å². The van der Waals surface area contributed by atoms with Gasteiger partial charge < -0.3 is 11.3 Å². The SMILES string of the molecule is COCC(CCC(=O)O)c1ccc(C2CCCCC2)c(Cl)c1.[H-].[Na+]. The van der Waals surface area contributed by atoms with Crippen molar-refractivity contribution in [2.45, 2.75) is 56.8 Å². The molecule has 1 aromatic rings. The number of carbonyl (C=O) groups is 1.